The predicted molar refractivity (Wildman–Crippen MR) is 80.9 cm³/mol. The summed E-state index contributed by atoms with van der Waals surface area (Å²) in [6.45, 7) is 0.911. The van der Waals surface area contributed by atoms with Crippen LogP contribution in [0.15, 0.2) is 36.5 Å². The standard InChI is InChI=1S/C16H20N2O3/c1-19-14-7-3-5-12(8-9-17)15(14)21-11-13-6-4-10-18-16(13)20-2/h3-7,10H,8-9,11,17H2,1-2H3. The average Bonchev–Trinajstić information content (AvgIpc) is 2.54. The van der Waals surface area contributed by atoms with Gasteiger partial charge in [0.15, 0.2) is 11.5 Å². The van der Waals surface area contributed by atoms with E-state index >= 15 is 0 Å². The molecule has 2 N–H and O–H groups in total. The number of hydrogen-bond acceptors (Lipinski definition) is 5. The number of nitrogens with two attached hydrogens (primary N) is 1. The van der Waals surface area contributed by atoms with Crippen molar-refractivity contribution < 1.29 is 14.2 Å². The van der Waals surface area contributed by atoms with Crippen molar-refractivity contribution in [3.63, 3.8) is 0 Å². The Balaban J connectivity index is 2.22. The smallest absolute Gasteiger partial charge is 0.219 e. The van der Waals surface area contributed by atoms with Gasteiger partial charge in [-0.2, -0.15) is 0 Å². The quantitative estimate of drug-likeness (QED) is 0.846. The number of nitrogens with zero attached hydrogens (tertiary/aromatic N) is 1. The van der Waals surface area contributed by atoms with Gasteiger partial charge in [-0.15, -0.1) is 0 Å². The van der Waals surface area contributed by atoms with Crippen LogP contribution in [0, 0.1) is 0 Å². The number of benzene rings is 1. The van der Waals surface area contributed by atoms with Gasteiger partial charge in [-0.25, -0.2) is 4.98 Å². The fraction of sp³-hybridized carbons (Fsp3) is 0.312. The molecule has 1 aromatic carbocycles. The highest BCUT2D eigenvalue weighted by Crippen LogP contribution is 2.32. The Hall–Kier alpha value is -2.27. The van der Waals surface area contributed by atoms with Crippen molar-refractivity contribution >= 4 is 0 Å². The summed E-state index contributed by atoms with van der Waals surface area (Å²) in [6, 6.07) is 9.57. The number of pyridine rings is 1. The lowest BCUT2D eigenvalue weighted by Gasteiger charge is -2.15. The molecule has 5 nitrogen and oxygen atoms in total. The van der Waals surface area contributed by atoms with Crippen molar-refractivity contribution in [1.82, 2.24) is 4.98 Å². The summed E-state index contributed by atoms with van der Waals surface area (Å²) in [6.07, 6.45) is 2.42. The molecule has 0 aliphatic carbocycles. The molecule has 0 saturated heterocycles. The van der Waals surface area contributed by atoms with Crippen molar-refractivity contribution in [3.8, 4) is 17.4 Å². The Kier molecular flexibility index (Phi) is 5.40. The maximum Gasteiger partial charge on any atom is 0.219 e. The Morgan fingerprint density at radius 1 is 1.05 bits per heavy atom. The highest BCUT2D eigenvalue weighted by atomic mass is 16.5. The molecule has 112 valence electrons. The Labute approximate surface area is 124 Å². The number of ether oxygens (including phenoxy) is 3. The van der Waals surface area contributed by atoms with Gasteiger partial charge in [0, 0.05) is 6.20 Å². The highest BCUT2D eigenvalue weighted by Gasteiger charge is 2.12. The maximum absolute atomic E-state index is 5.94. The molecule has 0 amide bonds. The molecule has 0 bridgehead atoms. The van der Waals surface area contributed by atoms with Crippen LogP contribution < -0.4 is 19.9 Å². The van der Waals surface area contributed by atoms with Gasteiger partial charge in [0.25, 0.3) is 0 Å². The third kappa shape index (κ3) is 3.64. The lowest BCUT2D eigenvalue weighted by molar-refractivity contribution is 0.273. The van der Waals surface area contributed by atoms with Gasteiger partial charge in [0.2, 0.25) is 5.88 Å². The number of hydrogen-bond donors (Lipinski definition) is 1. The normalized spacial score (nSPS) is 10.2. The van der Waals surface area contributed by atoms with Crippen LogP contribution in [0.4, 0.5) is 0 Å². The van der Waals surface area contributed by atoms with E-state index in [0.717, 1.165) is 23.3 Å². The van der Waals surface area contributed by atoms with Crippen LogP contribution in [-0.4, -0.2) is 25.7 Å². The number of methoxy groups -OCH3 is 2. The summed E-state index contributed by atoms with van der Waals surface area (Å²) in [5.74, 6) is 1.98. The first-order chi connectivity index (χ1) is 10.3. The van der Waals surface area contributed by atoms with Crippen LogP contribution in [0.25, 0.3) is 0 Å². The number of para-hydroxylation sites is 1. The summed E-state index contributed by atoms with van der Waals surface area (Å²) in [5, 5.41) is 0. The maximum atomic E-state index is 5.94. The van der Waals surface area contributed by atoms with Crippen molar-refractivity contribution in [1.29, 1.82) is 0 Å². The SMILES string of the molecule is COc1cccc(CCN)c1OCc1cccnc1OC. The molecule has 0 saturated carbocycles. The Morgan fingerprint density at radius 3 is 2.57 bits per heavy atom. The first-order valence-corrected chi connectivity index (χ1v) is 6.76. The zero-order chi connectivity index (χ0) is 15.1. The van der Waals surface area contributed by atoms with Crippen LogP contribution in [0.2, 0.25) is 0 Å². The molecule has 1 heterocycles. The van der Waals surface area contributed by atoms with E-state index in [-0.39, 0.29) is 0 Å². The van der Waals surface area contributed by atoms with Crippen molar-refractivity contribution in [2.24, 2.45) is 5.73 Å². The molecule has 0 unspecified atom stereocenters. The average molecular weight is 288 g/mol. The summed E-state index contributed by atoms with van der Waals surface area (Å²) >= 11 is 0. The second-order valence-corrected chi connectivity index (χ2v) is 4.45. The summed E-state index contributed by atoms with van der Waals surface area (Å²) in [7, 11) is 3.22. The zero-order valence-electron chi connectivity index (χ0n) is 12.3. The third-order valence-electron chi connectivity index (χ3n) is 3.11. The molecule has 0 spiro atoms. The second kappa shape index (κ2) is 7.50. The largest absolute Gasteiger partial charge is 0.493 e. The van der Waals surface area contributed by atoms with E-state index in [1.54, 1.807) is 20.4 Å². The van der Waals surface area contributed by atoms with Gasteiger partial charge in [-0.1, -0.05) is 12.1 Å². The number of aromatic nitrogens is 1. The van der Waals surface area contributed by atoms with Crippen LogP contribution >= 0.6 is 0 Å². The van der Waals surface area contributed by atoms with E-state index in [1.165, 1.54) is 0 Å². The van der Waals surface area contributed by atoms with E-state index in [2.05, 4.69) is 4.98 Å². The van der Waals surface area contributed by atoms with Crippen LogP contribution in [0.5, 0.6) is 17.4 Å². The van der Waals surface area contributed by atoms with E-state index in [4.69, 9.17) is 19.9 Å². The Morgan fingerprint density at radius 2 is 1.86 bits per heavy atom. The molecule has 0 fully saturated rings. The summed E-state index contributed by atoms with van der Waals surface area (Å²) in [5.41, 5.74) is 7.55. The minimum atomic E-state index is 0.356. The monoisotopic (exact) mass is 288 g/mol. The van der Waals surface area contributed by atoms with Crippen molar-refractivity contribution in [2.45, 2.75) is 13.0 Å². The fourth-order valence-electron chi connectivity index (χ4n) is 2.11. The Bertz CT molecular complexity index is 587. The molecule has 1 aromatic heterocycles. The number of rotatable bonds is 7. The first-order valence-electron chi connectivity index (χ1n) is 6.76. The van der Waals surface area contributed by atoms with Crippen molar-refractivity contribution in [2.75, 3.05) is 20.8 Å². The molecule has 0 radical (unpaired) electrons. The highest BCUT2D eigenvalue weighted by molar-refractivity contribution is 5.47. The third-order valence-corrected chi connectivity index (χ3v) is 3.11. The first kappa shape index (κ1) is 15.1. The van der Waals surface area contributed by atoms with E-state index in [0.29, 0.717) is 24.8 Å². The lowest BCUT2D eigenvalue weighted by Crippen LogP contribution is -2.07. The molecule has 21 heavy (non-hydrogen) atoms. The minimum absolute atomic E-state index is 0.356. The molecule has 2 aromatic rings. The molecule has 0 atom stereocenters. The van der Waals surface area contributed by atoms with E-state index in [1.807, 2.05) is 30.3 Å². The summed E-state index contributed by atoms with van der Waals surface area (Å²) < 4.78 is 16.5. The summed E-state index contributed by atoms with van der Waals surface area (Å²) in [4.78, 5) is 4.16. The molecular weight excluding hydrogens is 268 g/mol. The van der Waals surface area contributed by atoms with E-state index < -0.39 is 0 Å². The van der Waals surface area contributed by atoms with Gasteiger partial charge >= 0.3 is 0 Å². The fourth-order valence-corrected chi connectivity index (χ4v) is 2.11. The lowest BCUT2D eigenvalue weighted by atomic mass is 10.1. The van der Waals surface area contributed by atoms with Crippen LogP contribution in [0.1, 0.15) is 11.1 Å². The van der Waals surface area contributed by atoms with Gasteiger partial charge < -0.3 is 19.9 Å². The second-order valence-electron chi connectivity index (χ2n) is 4.45. The zero-order valence-corrected chi connectivity index (χ0v) is 12.3. The molecule has 5 heteroatoms. The molecule has 0 aliphatic heterocycles. The minimum Gasteiger partial charge on any atom is -0.493 e. The predicted octanol–water partition coefficient (Wildman–Crippen LogP) is 2.18. The van der Waals surface area contributed by atoms with Crippen molar-refractivity contribution in [3.05, 3.63) is 47.7 Å². The van der Waals surface area contributed by atoms with Gasteiger partial charge in [-0.3, -0.25) is 0 Å². The van der Waals surface area contributed by atoms with Gasteiger partial charge in [0.1, 0.15) is 6.61 Å². The van der Waals surface area contributed by atoms with E-state index in [9.17, 15) is 0 Å². The topological polar surface area (TPSA) is 66.6 Å². The molecule has 2 rings (SSSR count). The molecule has 0 aliphatic rings. The molecular formula is C16H20N2O3. The van der Waals surface area contributed by atoms with Crippen LogP contribution in [-0.2, 0) is 13.0 Å². The van der Waals surface area contributed by atoms with Gasteiger partial charge in [-0.05, 0) is 36.7 Å². The van der Waals surface area contributed by atoms with Gasteiger partial charge in [0.05, 0.1) is 19.8 Å². The van der Waals surface area contributed by atoms with Crippen LogP contribution in [0.3, 0.4) is 0 Å².